The van der Waals surface area contributed by atoms with Crippen molar-refractivity contribution in [2.24, 2.45) is 0 Å². The number of carbonyl (C=O) groups excluding carboxylic acids is 2. The van der Waals surface area contributed by atoms with Gasteiger partial charge in [0.15, 0.2) is 0 Å². The van der Waals surface area contributed by atoms with Crippen LogP contribution in [0.1, 0.15) is 25.0 Å². The van der Waals surface area contributed by atoms with Gasteiger partial charge in [0.25, 0.3) is 0 Å². The maximum Gasteiger partial charge on any atom is 0.221 e. The lowest BCUT2D eigenvalue weighted by Gasteiger charge is -2.04. The Morgan fingerprint density at radius 3 is 2.72 bits per heavy atom. The SMILES string of the molecule is CNC(=O)CCNC(=O)CCCn1cc(COc2ccccc2)nn1. The maximum atomic E-state index is 11.7. The summed E-state index contributed by atoms with van der Waals surface area (Å²) in [6, 6.07) is 9.51. The van der Waals surface area contributed by atoms with Gasteiger partial charge in [-0.3, -0.25) is 14.3 Å². The minimum atomic E-state index is -0.0897. The lowest BCUT2D eigenvalue weighted by Crippen LogP contribution is -2.29. The van der Waals surface area contributed by atoms with Crippen molar-refractivity contribution in [1.29, 1.82) is 0 Å². The normalized spacial score (nSPS) is 10.3. The average molecular weight is 345 g/mol. The van der Waals surface area contributed by atoms with Gasteiger partial charge >= 0.3 is 0 Å². The highest BCUT2D eigenvalue weighted by molar-refractivity contribution is 5.78. The van der Waals surface area contributed by atoms with Crippen LogP contribution in [0.2, 0.25) is 0 Å². The van der Waals surface area contributed by atoms with Crippen molar-refractivity contribution in [3.8, 4) is 5.75 Å². The molecular weight excluding hydrogens is 322 g/mol. The van der Waals surface area contributed by atoms with Crippen molar-refractivity contribution in [3.05, 3.63) is 42.2 Å². The molecule has 0 fully saturated rings. The summed E-state index contributed by atoms with van der Waals surface area (Å²) in [5.74, 6) is 0.621. The fourth-order valence-electron chi connectivity index (χ4n) is 2.12. The quantitative estimate of drug-likeness (QED) is 0.666. The number of rotatable bonds is 10. The third-order valence-corrected chi connectivity index (χ3v) is 3.46. The Hall–Kier alpha value is -2.90. The largest absolute Gasteiger partial charge is 0.487 e. The van der Waals surface area contributed by atoms with Gasteiger partial charge in [0.05, 0.1) is 6.20 Å². The van der Waals surface area contributed by atoms with E-state index in [1.807, 2.05) is 36.5 Å². The first-order valence-corrected chi connectivity index (χ1v) is 8.21. The van der Waals surface area contributed by atoms with E-state index in [1.165, 1.54) is 0 Å². The maximum absolute atomic E-state index is 11.7. The number of ether oxygens (including phenoxy) is 1. The molecule has 1 aromatic carbocycles. The van der Waals surface area contributed by atoms with Gasteiger partial charge in [-0.05, 0) is 18.6 Å². The second kappa shape index (κ2) is 10.1. The van der Waals surface area contributed by atoms with Crippen LogP contribution in [0.5, 0.6) is 5.75 Å². The molecule has 0 radical (unpaired) electrons. The fraction of sp³-hybridized carbons (Fsp3) is 0.412. The molecule has 1 heterocycles. The molecule has 8 nitrogen and oxygen atoms in total. The van der Waals surface area contributed by atoms with Gasteiger partial charge in [-0.1, -0.05) is 23.4 Å². The van der Waals surface area contributed by atoms with Crippen LogP contribution in [0.25, 0.3) is 0 Å². The van der Waals surface area contributed by atoms with Crippen molar-refractivity contribution in [2.75, 3.05) is 13.6 Å². The van der Waals surface area contributed by atoms with Gasteiger partial charge < -0.3 is 15.4 Å². The summed E-state index contributed by atoms with van der Waals surface area (Å²) in [5, 5.41) is 13.3. The van der Waals surface area contributed by atoms with E-state index in [9.17, 15) is 9.59 Å². The van der Waals surface area contributed by atoms with Gasteiger partial charge in [-0.15, -0.1) is 5.10 Å². The molecule has 1 aromatic heterocycles. The van der Waals surface area contributed by atoms with Crippen LogP contribution in [-0.2, 0) is 22.7 Å². The highest BCUT2D eigenvalue weighted by Crippen LogP contribution is 2.10. The number of amides is 2. The van der Waals surface area contributed by atoms with Crippen LogP contribution >= 0.6 is 0 Å². The Bertz CT molecular complexity index is 672. The molecule has 134 valence electrons. The van der Waals surface area contributed by atoms with Crippen LogP contribution in [0.3, 0.4) is 0 Å². The molecule has 0 aliphatic heterocycles. The van der Waals surface area contributed by atoms with Crippen molar-refractivity contribution in [1.82, 2.24) is 25.6 Å². The molecular formula is C17H23N5O3. The molecule has 2 aromatic rings. The molecule has 0 spiro atoms. The molecule has 0 atom stereocenters. The molecule has 25 heavy (non-hydrogen) atoms. The summed E-state index contributed by atoms with van der Waals surface area (Å²) >= 11 is 0. The van der Waals surface area contributed by atoms with E-state index in [4.69, 9.17) is 4.74 Å². The summed E-state index contributed by atoms with van der Waals surface area (Å²) in [4.78, 5) is 22.7. The second-order valence-electron chi connectivity index (χ2n) is 5.45. The molecule has 2 rings (SSSR count). The Labute approximate surface area is 146 Å². The third kappa shape index (κ3) is 7.03. The summed E-state index contributed by atoms with van der Waals surface area (Å²) < 4.78 is 7.30. The van der Waals surface area contributed by atoms with E-state index >= 15 is 0 Å². The Morgan fingerprint density at radius 2 is 1.96 bits per heavy atom. The number of hydrogen-bond acceptors (Lipinski definition) is 5. The highest BCUT2D eigenvalue weighted by atomic mass is 16.5. The van der Waals surface area contributed by atoms with E-state index in [-0.39, 0.29) is 18.2 Å². The van der Waals surface area contributed by atoms with Crippen molar-refractivity contribution < 1.29 is 14.3 Å². The van der Waals surface area contributed by atoms with Crippen molar-refractivity contribution in [2.45, 2.75) is 32.4 Å². The van der Waals surface area contributed by atoms with E-state index < -0.39 is 0 Å². The summed E-state index contributed by atoms with van der Waals surface area (Å²) in [7, 11) is 1.57. The van der Waals surface area contributed by atoms with Gasteiger partial charge in [0, 0.05) is 33.0 Å². The number of para-hydroxylation sites is 1. The Kier molecular flexibility index (Phi) is 7.42. The number of aromatic nitrogens is 3. The van der Waals surface area contributed by atoms with E-state index in [1.54, 1.807) is 11.7 Å². The van der Waals surface area contributed by atoms with Crippen LogP contribution in [0.4, 0.5) is 0 Å². The number of nitrogens with one attached hydrogen (secondary N) is 2. The number of benzene rings is 1. The highest BCUT2D eigenvalue weighted by Gasteiger charge is 2.05. The topological polar surface area (TPSA) is 98.1 Å². The smallest absolute Gasteiger partial charge is 0.221 e. The molecule has 0 saturated carbocycles. The van der Waals surface area contributed by atoms with E-state index in [0.29, 0.717) is 32.5 Å². The second-order valence-corrected chi connectivity index (χ2v) is 5.45. The minimum Gasteiger partial charge on any atom is -0.487 e. The molecule has 8 heteroatoms. The predicted octanol–water partition coefficient (Wildman–Crippen LogP) is 0.890. The van der Waals surface area contributed by atoms with Gasteiger partial charge in [-0.2, -0.15) is 0 Å². The first-order valence-electron chi connectivity index (χ1n) is 8.21. The number of aryl methyl sites for hydroxylation is 1. The minimum absolute atomic E-state index is 0.0725. The van der Waals surface area contributed by atoms with Crippen LogP contribution in [-0.4, -0.2) is 40.4 Å². The molecule has 2 N–H and O–H groups in total. The molecule has 0 aliphatic carbocycles. The van der Waals surface area contributed by atoms with Crippen LogP contribution in [0, 0.1) is 0 Å². The van der Waals surface area contributed by atoms with Crippen molar-refractivity contribution >= 4 is 11.8 Å². The molecule has 0 unspecified atom stereocenters. The zero-order valence-corrected chi connectivity index (χ0v) is 14.3. The lowest BCUT2D eigenvalue weighted by atomic mass is 10.3. The van der Waals surface area contributed by atoms with Crippen LogP contribution < -0.4 is 15.4 Å². The number of carbonyl (C=O) groups is 2. The van der Waals surface area contributed by atoms with Crippen LogP contribution in [0.15, 0.2) is 36.5 Å². The first-order chi connectivity index (χ1) is 12.2. The zero-order chi connectivity index (χ0) is 17.9. The summed E-state index contributed by atoms with van der Waals surface area (Å²) in [6.45, 7) is 1.30. The molecule has 2 amide bonds. The van der Waals surface area contributed by atoms with E-state index in [2.05, 4.69) is 20.9 Å². The number of hydrogen-bond donors (Lipinski definition) is 2. The van der Waals surface area contributed by atoms with Gasteiger partial charge in [0.1, 0.15) is 18.1 Å². The Morgan fingerprint density at radius 1 is 1.16 bits per heavy atom. The van der Waals surface area contributed by atoms with Gasteiger partial charge in [-0.25, -0.2) is 0 Å². The summed E-state index contributed by atoms with van der Waals surface area (Å²) in [5.41, 5.74) is 0.735. The summed E-state index contributed by atoms with van der Waals surface area (Å²) in [6.07, 6.45) is 3.13. The van der Waals surface area contributed by atoms with Crippen molar-refractivity contribution in [3.63, 3.8) is 0 Å². The van der Waals surface area contributed by atoms with E-state index in [0.717, 1.165) is 11.4 Å². The fourth-order valence-corrected chi connectivity index (χ4v) is 2.12. The van der Waals surface area contributed by atoms with Gasteiger partial charge in [0.2, 0.25) is 11.8 Å². The lowest BCUT2D eigenvalue weighted by molar-refractivity contribution is -0.122. The zero-order valence-electron chi connectivity index (χ0n) is 14.3. The molecule has 0 bridgehead atoms. The monoisotopic (exact) mass is 345 g/mol. The standard InChI is InChI=1S/C17H23N5O3/c1-18-16(23)9-10-19-17(24)8-5-11-22-12-14(20-21-22)13-25-15-6-3-2-4-7-15/h2-4,6-7,12H,5,8-11,13H2,1H3,(H,18,23)(H,19,24). The predicted molar refractivity (Wildman–Crippen MR) is 91.7 cm³/mol. The average Bonchev–Trinajstić information content (AvgIpc) is 3.08. The molecule has 0 saturated heterocycles. The third-order valence-electron chi connectivity index (χ3n) is 3.46. The first kappa shape index (κ1) is 18.4. The molecule has 0 aliphatic rings. The number of nitrogens with zero attached hydrogens (tertiary/aromatic N) is 3. The Balaban J connectivity index is 1.62.